The van der Waals surface area contributed by atoms with Gasteiger partial charge in [-0.25, -0.2) is 0 Å². The fourth-order valence-electron chi connectivity index (χ4n) is 7.47. The van der Waals surface area contributed by atoms with Crippen LogP contribution in [0.1, 0.15) is 0 Å². The highest BCUT2D eigenvalue weighted by Crippen LogP contribution is 2.44. The fraction of sp³-hybridized carbons (Fsp3) is 0. The number of benzene rings is 9. The third-order valence-electron chi connectivity index (χ3n) is 9.62. The average molecular weight is 571 g/mol. The molecule has 0 N–H and O–H groups in total. The lowest BCUT2D eigenvalue weighted by molar-refractivity contribution is 0.670. The molecule has 1 heteroatoms. The zero-order valence-electron chi connectivity index (χ0n) is 24.4. The van der Waals surface area contributed by atoms with Crippen LogP contribution in [0.15, 0.2) is 162 Å². The summed E-state index contributed by atoms with van der Waals surface area (Å²) in [5, 5.41) is 12.5. The minimum atomic E-state index is 0.909. The van der Waals surface area contributed by atoms with Crippen LogP contribution in [0.5, 0.6) is 0 Å². The van der Waals surface area contributed by atoms with Gasteiger partial charge >= 0.3 is 0 Å². The summed E-state index contributed by atoms with van der Waals surface area (Å²) in [6.45, 7) is 0. The van der Waals surface area contributed by atoms with Crippen molar-refractivity contribution in [3.63, 3.8) is 0 Å². The number of hydrogen-bond acceptors (Lipinski definition) is 1. The number of rotatable bonds is 3. The van der Waals surface area contributed by atoms with Crippen molar-refractivity contribution in [2.45, 2.75) is 0 Å². The van der Waals surface area contributed by atoms with Crippen molar-refractivity contribution in [2.24, 2.45) is 0 Å². The number of furan rings is 1. The lowest BCUT2D eigenvalue weighted by atomic mass is 9.87. The molecule has 0 bridgehead atoms. The van der Waals surface area contributed by atoms with E-state index in [1.807, 2.05) is 0 Å². The van der Waals surface area contributed by atoms with E-state index >= 15 is 0 Å². The highest BCUT2D eigenvalue weighted by atomic mass is 16.3. The Balaban J connectivity index is 1.18. The molecule has 0 saturated carbocycles. The molecule has 1 nitrogen and oxygen atoms in total. The summed E-state index contributed by atoms with van der Waals surface area (Å²) >= 11 is 0. The molecule has 0 saturated heterocycles. The van der Waals surface area contributed by atoms with Crippen molar-refractivity contribution in [2.75, 3.05) is 0 Å². The van der Waals surface area contributed by atoms with Crippen molar-refractivity contribution in [3.05, 3.63) is 158 Å². The van der Waals surface area contributed by atoms with Crippen LogP contribution in [-0.4, -0.2) is 0 Å². The van der Waals surface area contributed by atoms with E-state index in [1.54, 1.807) is 0 Å². The molecule has 0 spiro atoms. The zero-order chi connectivity index (χ0) is 29.5. The quantitative estimate of drug-likeness (QED) is 0.193. The second-order valence-corrected chi connectivity index (χ2v) is 12.1. The first kappa shape index (κ1) is 24.5. The highest BCUT2D eigenvalue weighted by molar-refractivity contribution is 6.27. The Morgan fingerprint density at radius 2 is 0.933 bits per heavy atom. The van der Waals surface area contributed by atoms with Crippen LogP contribution in [0.2, 0.25) is 0 Å². The Kier molecular flexibility index (Phi) is 5.06. The molecule has 10 rings (SSSR count). The molecule has 1 aromatic heterocycles. The van der Waals surface area contributed by atoms with E-state index in [9.17, 15) is 0 Å². The third-order valence-corrected chi connectivity index (χ3v) is 9.62. The molecule has 0 radical (unpaired) electrons. The van der Waals surface area contributed by atoms with E-state index in [1.165, 1.54) is 70.9 Å². The molecule has 0 fully saturated rings. The van der Waals surface area contributed by atoms with Gasteiger partial charge in [0.05, 0.1) is 0 Å². The monoisotopic (exact) mass is 570 g/mol. The van der Waals surface area contributed by atoms with Crippen LogP contribution in [0, 0.1) is 0 Å². The van der Waals surface area contributed by atoms with Crippen molar-refractivity contribution in [1.82, 2.24) is 0 Å². The normalized spacial score (nSPS) is 12.0. The van der Waals surface area contributed by atoms with Gasteiger partial charge in [-0.2, -0.15) is 0 Å². The van der Waals surface area contributed by atoms with Gasteiger partial charge in [0, 0.05) is 16.3 Å². The predicted molar refractivity (Wildman–Crippen MR) is 191 cm³/mol. The Hall–Kier alpha value is -5.92. The smallest absolute Gasteiger partial charge is 0.143 e. The minimum Gasteiger partial charge on any atom is -0.455 e. The Labute approximate surface area is 259 Å². The van der Waals surface area contributed by atoms with Crippen LogP contribution in [-0.2, 0) is 0 Å². The summed E-state index contributed by atoms with van der Waals surface area (Å²) in [5.41, 5.74) is 9.09. The zero-order valence-corrected chi connectivity index (χ0v) is 24.4. The van der Waals surface area contributed by atoms with Crippen LogP contribution < -0.4 is 0 Å². The van der Waals surface area contributed by atoms with Gasteiger partial charge in [-0.3, -0.25) is 0 Å². The van der Waals surface area contributed by atoms with E-state index in [4.69, 9.17) is 4.42 Å². The third kappa shape index (κ3) is 3.62. The van der Waals surface area contributed by atoms with E-state index in [2.05, 4.69) is 158 Å². The molecular formula is C44H26O. The minimum absolute atomic E-state index is 0.909. The molecule has 0 aliphatic heterocycles. The molecule has 208 valence electrons. The Bertz CT molecular complexity index is 2750. The molecule has 10 aromatic rings. The first-order valence-corrected chi connectivity index (χ1v) is 15.5. The van der Waals surface area contributed by atoms with E-state index < -0.39 is 0 Å². The van der Waals surface area contributed by atoms with Gasteiger partial charge in [0.1, 0.15) is 11.2 Å². The lowest BCUT2D eigenvalue weighted by Gasteiger charge is -2.16. The molecule has 9 aromatic carbocycles. The van der Waals surface area contributed by atoms with Crippen molar-refractivity contribution >= 4 is 65.0 Å². The maximum Gasteiger partial charge on any atom is 0.143 e. The van der Waals surface area contributed by atoms with Gasteiger partial charge in [-0.05, 0) is 89.1 Å². The summed E-state index contributed by atoms with van der Waals surface area (Å²) in [6, 6.07) is 57.3. The second-order valence-electron chi connectivity index (χ2n) is 12.1. The molecule has 0 aliphatic carbocycles. The van der Waals surface area contributed by atoms with Gasteiger partial charge in [0.25, 0.3) is 0 Å². The maximum absolute atomic E-state index is 6.58. The fourth-order valence-corrected chi connectivity index (χ4v) is 7.47. The summed E-state index contributed by atoms with van der Waals surface area (Å²) in [6.07, 6.45) is 0. The van der Waals surface area contributed by atoms with Crippen LogP contribution in [0.25, 0.3) is 98.4 Å². The first-order chi connectivity index (χ1) is 22.3. The van der Waals surface area contributed by atoms with Gasteiger partial charge in [-0.1, -0.05) is 140 Å². The molecule has 1 heterocycles. The Morgan fingerprint density at radius 1 is 0.311 bits per heavy atom. The summed E-state index contributed by atoms with van der Waals surface area (Å²) < 4.78 is 6.58. The predicted octanol–water partition coefficient (Wildman–Crippen LogP) is 12.6. The van der Waals surface area contributed by atoms with Crippen molar-refractivity contribution < 1.29 is 4.42 Å². The number of hydrogen-bond donors (Lipinski definition) is 0. The van der Waals surface area contributed by atoms with Gasteiger partial charge in [-0.15, -0.1) is 0 Å². The van der Waals surface area contributed by atoms with Crippen LogP contribution >= 0.6 is 0 Å². The van der Waals surface area contributed by atoms with Gasteiger partial charge in [0.15, 0.2) is 0 Å². The summed E-state index contributed by atoms with van der Waals surface area (Å²) in [4.78, 5) is 0. The SMILES string of the molecule is c1ccc(-c2ccc3ccc4c(-c5ccc6oc7c(-c8ccc9ccccc9c8)cccc7c6c5)ccc5ccc2c3c54)cc1. The molecular weight excluding hydrogens is 544 g/mol. The van der Waals surface area contributed by atoms with E-state index in [0.717, 1.165) is 27.5 Å². The largest absolute Gasteiger partial charge is 0.455 e. The van der Waals surface area contributed by atoms with Crippen LogP contribution in [0.3, 0.4) is 0 Å². The molecule has 0 atom stereocenters. The average Bonchev–Trinajstić information content (AvgIpc) is 3.49. The maximum atomic E-state index is 6.58. The van der Waals surface area contributed by atoms with Crippen LogP contribution in [0.4, 0.5) is 0 Å². The first-order valence-electron chi connectivity index (χ1n) is 15.5. The molecule has 0 unspecified atom stereocenters. The van der Waals surface area contributed by atoms with Gasteiger partial charge < -0.3 is 4.42 Å². The Morgan fingerprint density at radius 3 is 1.71 bits per heavy atom. The lowest BCUT2D eigenvalue weighted by Crippen LogP contribution is -1.89. The van der Waals surface area contributed by atoms with E-state index in [-0.39, 0.29) is 0 Å². The standard InChI is InChI=1S/C44H26O/c1-2-8-28(9-3-1)34-20-15-29-18-23-38-35(21-16-30-17-22-37(34)42(29)43(30)38)33-19-24-41-40(26-33)39-12-6-11-36(44(39)45-41)32-14-13-27-7-4-5-10-31(27)25-32/h1-26H. The topological polar surface area (TPSA) is 13.1 Å². The second kappa shape index (κ2) is 9.29. The summed E-state index contributed by atoms with van der Waals surface area (Å²) in [7, 11) is 0. The van der Waals surface area contributed by atoms with Crippen molar-refractivity contribution in [1.29, 1.82) is 0 Å². The highest BCUT2D eigenvalue weighted by Gasteiger charge is 2.17. The molecule has 0 amide bonds. The molecule has 0 aliphatic rings. The van der Waals surface area contributed by atoms with E-state index in [0.29, 0.717) is 0 Å². The van der Waals surface area contributed by atoms with Gasteiger partial charge in [0.2, 0.25) is 0 Å². The number of fused-ring (bicyclic) bond motifs is 4. The van der Waals surface area contributed by atoms with Crippen molar-refractivity contribution in [3.8, 4) is 33.4 Å². The molecule has 45 heavy (non-hydrogen) atoms. The number of para-hydroxylation sites is 1. The summed E-state index contributed by atoms with van der Waals surface area (Å²) in [5.74, 6) is 0.